The third kappa shape index (κ3) is 2.29. The number of benzene rings is 1. The van der Waals surface area contributed by atoms with E-state index in [0.717, 1.165) is 31.9 Å². The van der Waals surface area contributed by atoms with Gasteiger partial charge in [-0.15, -0.1) is 0 Å². The molecule has 0 amide bonds. The van der Waals surface area contributed by atoms with Crippen LogP contribution in [0.2, 0.25) is 0 Å². The highest BCUT2D eigenvalue weighted by atomic mass is 19.1. The van der Waals surface area contributed by atoms with Crippen molar-refractivity contribution in [1.29, 1.82) is 0 Å². The molecular formula is C12H17FN2. The summed E-state index contributed by atoms with van der Waals surface area (Å²) in [7, 11) is 2.12. The summed E-state index contributed by atoms with van der Waals surface area (Å²) in [5, 5.41) is 0. The van der Waals surface area contributed by atoms with E-state index >= 15 is 0 Å². The third-order valence-electron chi connectivity index (χ3n) is 3.02. The summed E-state index contributed by atoms with van der Waals surface area (Å²) in [6, 6.07) is 5.49. The molecule has 1 aromatic rings. The fourth-order valence-electron chi connectivity index (χ4n) is 1.84. The molecule has 1 heterocycles. The number of anilines is 1. The zero-order valence-electron chi connectivity index (χ0n) is 9.33. The van der Waals surface area contributed by atoms with Crippen LogP contribution < -0.4 is 4.90 Å². The third-order valence-corrected chi connectivity index (χ3v) is 3.02. The lowest BCUT2D eigenvalue weighted by molar-refractivity contribution is 0.312. The number of hydrogen-bond acceptors (Lipinski definition) is 2. The first-order valence-electron chi connectivity index (χ1n) is 5.36. The van der Waals surface area contributed by atoms with E-state index in [-0.39, 0.29) is 5.82 Å². The number of aryl methyl sites for hydroxylation is 1. The molecule has 0 N–H and O–H groups in total. The number of halogens is 1. The van der Waals surface area contributed by atoms with Crippen molar-refractivity contribution in [1.82, 2.24) is 4.90 Å². The standard InChI is InChI=1S/C12H17FN2/c1-10-3-4-11(9-12(10)13)15-7-5-14(2)6-8-15/h3-4,9H,5-8H2,1-2H3. The molecule has 1 aromatic carbocycles. The molecule has 0 radical (unpaired) electrons. The van der Waals surface area contributed by atoms with E-state index in [1.54, 1.807) is 13.0 Å². The topological polar surface area (TPSA) is 6.48 Å². The van der Waals surface area contributed by atoms with Crippen molar-refractivity contribution < 1.29 is 4.39 Å². The molecule has 0 bridgehead atoms. The van der Waals surface area contributed by atoms with Crippen LogP contribution in [0, 0.1) is 12.7 Å². The second kappa shape index (κ2) is 4.19. The summed E-state index contributed by atoms with van der Waals surface area (Å²) in [5.41, 5.74) is 1.72. The van der Waals surface area contributed by atoms with Gasteiger partial charge in [0.05, 0.1) is 0 Å². The van der Waals surface area contributed by atoms with Gasteiger partial charge >= 0.3 is 0 Å². The van der Waals surface area contributed by atoms with Crippen LogP contribution in [0.5, 0.6) is 0 Å². The Bertz CT molecular complexity index is 343. The summed E-state index contributed by atoms with van der Waals surface area (Å²) in [6.45, 7) is 5.87. The van der Waals surface area contributed by atoms with E-state index in [9.17, 15) is 4.39 Å². The van der Waals surface area contributed by atoms with E-state index in [2.05, 4.69) is 16.8 Å². The molecular weight excluding hydrogens is 191 g/mol. The van der Waals surface area contributed by atoms with E-state index < -0.39 is 0 Å². The van der Waals surface area contributed by atoms with Crippen molar-refractivity contribution in [2.24, 2.45) is 0 Å². The zero-order valence-corrected chi connectivity index (χ0v) is 9.33. The van der Waals surface area contributed by atoms with Gasteiger partial charge < -0.3 is 9.80 Å². The SMILES string of the molecule is Cc1ccc(N2CCN(C)CC2)cc1F. The van der Waals surface area contributed by atoms with Crippen molar-refractivity contribution in [3.8, 4) is 0 Å². The highest BCUT2D eigenvalue weighted by Gasteiger charge is 2.14. The van der Waals surface area contributed by atoms with Crippen LogP contribution in [-0.4, -0.2) is 38.1 Å². The maximum absolute atomic E-state index is 13.4. The Labute approximate surface area is 90.3 Å². The molecule has 0 saturated carbocycles. The molecule has 0 spiro atoms. The van der Waals surface area contributed by atoms with Crippen LogP contribution in [0.1, 0.15) is 5.56 Å². The fourth-order valence-corrected chi connectivity index (χ4v) is 1.84. The van der Waals surface area contributed by atoms with Crippen LogP contribution >= 0.6 is 0 Å². The van der Waals surface area contributed by atoms with Crippen LogP contribution in [0.15, 0.2) is 18.2 Å². The Morgan fingerprint density at radius 3 is 2.40 bits per heavy atom. The Kier molecular flexibility index (Phi) is 2.91. The van der Waals surface area contributed by atoms with Gasteiger partial charge in [-0.3, -0.25) is 0 Å². The van der Waals surface area contributed by atoms with Crippen molar-refractivity contribution in [2.75, 3.05) is 38.1 Å². The quantitative estimate of drug-likeness (QED) is 0.695. The lowest BCUT2D eigenvalue weighted by Gasteiger charge is -2.34. The van der Waals surface area contributed by atoms with Crippen molar-refractivity contribution >= 4 is 5.69 Å². The molecule has 0 unspecified atom stereocenters. The van der Waals surface area contributed by atoms with E-state index in [4.69, 9.17) is 0 Å². The lowest BCUT2D eigenvalue weighted by atomic mass is 10.2. The number of piperazine rings is 1. The molecule has 2 rings (SSSR count). The minimum Gasteiger partial charge on any atom is -0.369 e. The average molecular weight is 208 g/mol. The Balaban J connectivity index is 2.12. The van der Waals surface area contributed by atoms with Crippen LogP contribution in [0.4, 0.5) is 10.1 Å². The molecule has 15 heavy (non-hydrogen) atoms. The number of hydrogen-bond donors (Lipinski definition) is 0. The Morgan fingerprint density at radius 2 is 1.80 bits per heavy atom. The smallest absolute Gasteiger partial charge is 0.128 e. The van der Waals surface area contributed by atoms with Gasteiger partial charge in [-0.25, -0.2) is 4.39 Å². The molecule has 0 aromatic heterocycles. The molecule has 0 aliphatic carbocycles. The Morgan fingerprint density at radius 1 is 1.13 bits per heavy atom. The van der Waals surface area contributed by atoms with Gasteiger partial charge in [-0.2, -0.15) is 0 Å². The van der Waals surface area contributed by atoms with E-state index in [1.165, 1.54) is 0 Å². The largest absolute Gasteiger partial charge is 0.369 e. The normalized spacial score (nSPS) is 18.2. The second-order valence-corrected chi connectivity index (χ2v) is 4.22. The van der Waals surface area contributed by atoms with Gasteiger partial charge in [0, 0.05) is 31.9 Å². The molecule has 1 aliphatic heterocycles. The minimum atomic E-state index is -0.105. The van der Waals surface area contributed by atoms with Crippen molar-refractivity contribution in [3.63, 3.8) is 0 Å². The minimum absolute atomic E-state index is 0.105. The summed E-state index contributed by atoms with van der Waals surface area (Å²) in [6.07, 6.45) is 0. The maximum atomic E-state index is 13.4. The number of rotatable bonds is 1. The van der Waals surface area contributed by atoms with Crippen molar-refractivity contribution in [2.45, 2.75) is 6.92 Å². The molecule has 3 heteroatoms. The maximum Gasteiger partial charge on any atom is 0.128 e. The van der Waals surface area contributed by atoms with Gasteiger partial charge in [-0.05, 0) is 31.7 Å². The monoisotopic (exact) mass is 208 g/mol. The van der Waals surface area contributed by atoms with Gasteiger partial charge in [-0.1, -0.05) is 6.07 Å². The fraction of sp³-hybridized carbons (Fsp3) is 0.500. The zero-order chi connectivity index (χ0) is 10.8. The van der Waals surface area contributed by atoms with Gasteiger partial charge in [0.1, 0.15) is 5.82 Å². The molecule has 82 valence electrons. The molecule has 0 atom stereocenters. The first-order valence-corrected chi connectivity index (χ1v) is 5.36. The summed E-state index contributed by atoms with van der Waals surface area (Å²) in [4.78, 5) is 4.53. The second-order valence-electron chi connectivity index (χ2n) is 4.22. The lowest BCUT2D eigenvalue weighted by Crippen LogP contribution is -2.44. The predicted octanol–water partition coefficient (Wildman–Crippen LogP) is 1.89. The van der Waals surface area contributed by atoms with Gasteiger partial charge in [0.15, 0.2) is 0 Å². The summed E-state index contributed by atoms with van der Waals surface area (Å²) < 4.78 is 13.4. The molecule has 2 nitrogen and oxygen atoms in total. The highest BCUT2D eigenvalue weighted by Crippen LogP contribution is 2.19. The summed E-state index contributed by atoms with van der Waals surface area (Å²) in [5.74, 6) is -0.105. The van der Waals surface area contributed by atoms with Crippen LogP contribution in [0.3, 0.4) is 0 Å². The van der Waals surface area contributed by atoms with Gasteiger partial charge in [0.2, 0.25) is 0 Å². The number of nitrogens with zero attached hydrogens (tertiary/aromatic N) is 2. The van der Waals surface area contributed by atoms with E-state index in [0.29, 0.717) is 5.56 Å². The first kappa shape index (κ1) is 10.4. The van der Waals surface area contributed by atoms with Crippen LogP contribution in [-0.2, 0) is 0 Å². The van der Waals surface area contributed by atoms with E-state index in [1.807, 2.05) is 12.1 Å². The highest BCUT2D eigenvalue weighted by molar-refractivity contribution is 5.48. The van der Waals surface area contributed by atoms with Gasteiger partial charge in [0.25, 0.3) is 0 Å². The summed E-state index contributed by atoms with van der Waals surface area (Å²) >= 11 is 0. The van der Waals surface area contributed by atoms with Crippen molar-refractivity contribution in [3.05, 3.63) is 29.6 Å². The number of likely N-dealkylation sites (N-methyl/N-ethyl adjacent to an activating group) is 1. The molecule has 1 saturated heterocycles. The molecule has 1 aliphatic rings. The first-order chi connectivity index (χ1) is 7.16. The predicted molar refractivity (Wildman–Crippen MR) is 60.8 cm³/mol. The molecule has 1 fully saturated rings. The average Bonchev–Trinajstić information content (AvgIpc) is 2.23. The van der Waals surface area contributed by atoms with Crippen LogP contribution in [0.25, 0.3) is 0 Å². The Hall–Kier alpha value is -1.09.